The van der Waals surface area contributed by atoms with Gasteiger partial charge in [0.25, 0.3) is 0 Å². The number of aromatic nitrogens is 2. The first kappa shape index (κ1) is 10.3. The summed E-state index contributed by atoms with van der Waals surface area (Å²) in [5.41, 5.74) is 10.8. The number of hydrogen-bond acceptors (Lipinski definition) is 3. The lowest BCUT2D eigenvalue weighted by Gasteiger charge is -2.13. The molecule has 1 aliphatic rings. The molecule has 86 valence electrons. The third kappa shape index (κ3) is 1.68. The van der Waals surface area contributed by atoms with E-state index in [0.717, 1.165) is 24.0 Å². The molecule has 0 saturated heterocycles. The largest absolute Gasteiger partial charge is 0.383 e. The summed E-state index contributed by atoms with van der Waals surface area (Å²) in [5.74, 6) is 0.956. The lowest BCUT2D eigenvalue weighted by atomic mass is 9.96. The molecule has 1 unspecified atom stereocenters. The van der Waals surface area contributed by atoms with Gasteiger partial charge in [-0.2, -0.15) is 0 Å². The molecular weight excluding hydrogens is 210 g/mol. The zero-order chi connectivity index (χ0) is 11.8. The Labute approximate surface area is 101 Å². The van der Waals surface area contributed by atoms with E-state index in [-0.39, 0.29) is 0 Å². The minimum atomic E-state index is 0.318. The van der Waals surface area contributed by atoms with Gasteiger partial charge in [-0.25, -0.2) is 4.98 Å². The summed E-state index contributed by atoms with van der Waals surface area (Å²) >= 11 is 0. The Morgan fingerprint density at radius 1 is 1.35 bits per heavy atom. The van der Waals surface area contributed by atoms with E-state index in [4.69, 9.17) is 5.73 Å². The molecule has 17 heavy (non-hydrogen) atoms. The fourth-order valence-electron chi connectivity index (χ4n) is 2.60. The summed E-state index contributed by atoms with van der Waals surface area (Å²) in [6.07, 6.45) is 5.84. The van der Waals surface area contributed by atoms with Crippen LogP contribution in [-0.4, -0.2) is 9.97 Å². The topological polar surface area (TPSA) is 51.8 Å². The fraction of sp³-hybridized carbons (Fsp3) is 0.286. The minimum Gasteiger partial charge on any atom is -0.383 e. The van der Waals surface area contributed by atoms with Crippen LogP contribution >= 0.6 is 0 Å². The number of nitrogens with zero attached hydrogens (tertiary/aromatic N) is 2. The second-order valence-corrected chi connectivity index (χ2v) is 4.63. The van der Waals surface area contributed by atoms with Gasteiger partial charge in [0, 0.05) is 23.9 Å². The number of fused-ring (bicyclic) bond motifs is 1. The fourth-order valence-corrected chi connectivity index (χ4v) is 2.60. The van der Waals surface area contributed by atoms with Crippen LogP contribution in [-0.2, 0) is 6.42 Å². The predicted molar refractivity (Wildman–Crippen MR) is 67.8 cm³/mol. The van der Waals surface area contributed by atoms with Crippen LogP contribution in [0.2, 0.25) is 0 Å². The average molecular weight is 225 g/mol. The monoisotopic (exact) mass is 225 g/mol. The van der Waals surface area contributed by atoms with Crippen molar-refractivity contribution in [1.29, 1.82) is 0 Å². The van der Waals surface area contributed by atoms with Crippen molar-refractivity contribution in [2.45, 2.75) is 25.7 Å². The molecule has 3 rings (SSSR count). The summed E-state index contributed by atoms with van der Waals surface area (Å²) in [6.45, 7) is 2.05. The summed E-state index contributed by atoms with van der Waals surface area (Å²) in [4.78, 5) is 8.75. The molecule has 3 heteroatoms. The van der Waals surface area contributed by atoms with Crippen LogP contribution in [0.25, 0.3) is 0 Å². The van der Waals surface area contributed by atoms with E-state index < -0.39 is 0 Å². The lowest BCUT2D eigenvalue weighted by Crippen LogP contribution is -2.05. The molecule has 2 aromatic rings. The minimum absolute atomic E-state index is 0.318. The van der Waals surface area contributed by atoms with Gasteiger partial charge in [-0.1, -0.05) is 12.1 Å². The van der Waals surface area contributed by atoms with E-state index in [0.29, 0.717) is 11.7 Å². The average Bonchev–Trinajstić information content (AvgIpc) is 2.76. The molecule has 2 N–H and O–H groups in total. The van der Waals surface area contributed by atoms with E-state index in [9.17, 15) is 0 Å². The Kier molecular flexibility index (Phi) is 2.32. The second-order valence-electron chi connectivity index (χ2n) is 4.63. The van der Waals surface area contributed by atoms with Gasteiger partial charge in [0.05, 0.1) is 5.69 Å². The van der Waals surface area contributed by atoms with Crippen molar-refractivity contribution in [2.75, 3.05) is 5.73 Å². The third-order valence-corrected chi connectivity index (χ3v) is 3.42. The van der Waals surface area contributed by atoms with Crippen molar-refractivity contribution in [3.8, 4) is 0 Å². The number of pyridine rings is 2. The third-order valence-electron chi connectivity index (χ3n) is 3.42. The molecule has 0 aromatic carbocycles. The van der Waals surface area contributed by atoms with E-state index in [2.05, 4.69) is 22.1 Å². The molecule has 0 radical (unpaired) electrons. The van der Waals surface area contributed by atoms with Crippen LogP contribution < -0.4 is 5.73 Å². The van der Waals surface area contributed by atoms with E-state index >= 15 is 0 Å². The molecule has 1 atom stereocenters. The van der Waals surface area contributed by atoms with Crippen molar-refractivity contribution >= 4 is 5.82 Å². The molecule has 0 aliphatic heterocycles. The van der Waals surface area contributed by atoms with Crippen LogP contribution in [0.5, 0.6) is 0 Å². The second kappa shape index (κ2) is 3.84. The van der Waals surface area contributed by atoms with Crippen LogP contribution in [0.4, 0.5) is 5.82 Å². The molecule has 3 nitrogen and oxygen atoms in total. The zero-order valence-electron chi connectivity index (χ0n) is 9.85. The zero-order valence-corrected chi connectivity index (χ0v) is 9.85. The highest BCUT2D eigenvalue weighted by Crippen LogP contribution is 2.38. The maximum Gasteiger partial charge on any atom is 0.127 e. The summed E-state index contributed by atoms with van der Waals surface area (Å²) in [6, 6.07) is 6.29. The van der Waals surface area contributed by atoms with Crippen LogP contribution in [0.15, 0.2) is 30.6 Å². The van der Waals surface area contributed by atoms with Gasteiger partial charge in [0.2, 0.25) is 0 Å². The van der Waals surface area contributed by atoms with Gasteiger partial charge >= 0.3 is 0 Å². The van der Waals surface area contributed by atoms with E-state index in [1.807, 2.05) is 25.4 Å². The SMILES string of the molecule is Cc1cnc(N)c(C2CCc3cccnc32)c1. The highest BCUT2D eigenvalue weighted by molar-refractivity contribution is 5.49. The van der Waals surface area contributed by atoms with E-state index in [1.54, 1.807) is 0 Å². The maximum absolute atomic E-state index is 5.99. The molecule has 0 amide bonds. The van der Waals surface area contributed by atoms with Crippen molar-refractivity contribution in [1.82, 2.24) is 9.97 Å². The Hall–Kier alpha value is -1.90. The standard InChI is InChI=1S/C14H15N3/c1-9-7-12(14(15)17-8-9)11-5-4-10-3-2-6-16-13(10)11/h2-3,6-8,11H,4-5H2,1H3,(H2,15,17). The summed E-state index contributed by atoms with van der Waals surface area (Å²) < 4.78 is 0. The van der Waals surface area contributed by atoms with Gasteiger partial charge in [0.1, 0.15) is 5.82 Å². The van der Waals surface area contributed by atoms with Crippen LogP contribution in [0.3, 0.4) is 0 Å². The maximum atomic E-state index is 5.99. The molecule has 1 aliphatic carbocycles. The van der Waals surface area contributed by atoms with Crippen molar-refractivity contribution in [3.63, 3.8) is 0 Å². The molecule has 0 fully saturated rings. The van der Waals surface area contributed by atoms with Gasteiger partial charge in [-0.3, -0.25) is 4.98 Å². The van der Waals surface area contributed by atoms with Crippen molar-refractivity contribution in [3.05, 3.63) is 53.0 Å². The molecular formula is C14H15N3. The Bertz CT molecular complexity index is 563. The number of nitrogens with two attached hydrogens (primary N) is 1. The van der Waals surface area contributed by atoms with Crippen LogP contribution in [0, 0.1) is 6.92 Å². The first-order valence-electron chi connectivity index (χ1n) is 5.91. The summed E-state index contributed by atoms with van der Waals surface area (Å²) in [5, 5.41) is 0. The van der Waals surface area contributed by atoms with Gasteiger partial charge < -0.3 is 5.73 Å². The molecule has 0 saturated carbocycles. The number of hydrogen-bond donors (Lipinski definition) is 1. The first-order chi connectivity index (χ1) is 8.25. The van der Waals surface area contributed by atoms with Gasteiger partial charge in [-0.05, 0) is 37.0 Å². The van der Waals surface area contributed by atoms with Gasteiger partial charge in [-0.15, -0.1) is 0 Å². The van der Waals surface area contributed by atoms with Crippen LogP contribution in [0.1, 0.15) is 34.7 Å². The first-order valence-corrected chi connectivity index (χ1v) is 5.91. The smallest absolute Gasteiger partial charge is 0.127 e. The number of aryl methyl sites for hydroxylation is 2. The van der Waals surface area contributed by atoms with Crippen molar-refractivity contribution < 1.29 is 0 Å². The molecule has 2 heterocycles. The quantitative estimate of drug-likeness (QED) is 0.811. The Balaban J connectivity index is 2.10. The molecule has 2 aromatic heterocycles. The van der Waals surface area contributed by atoms with E-state index in [1.165, 1.54) is 11.3 Å². The lowest BCUT2D eigenvalue weighted by molar-refractivity contribution is 0.769. The number of rotatable bonds is 1. The predicted octanol–water partition coefficient (Wildman–Crippen LogP) is 2.45. The number of nitrogen functional groups attached to an aromatic ring is 1. The highest BCUT2D eigenvalue weighted by atomic mass is 14.8. The number of anilines is 1. The molecule has 0 spiro atoms. The Morgan fingerprint density at radius 2 is 2.24 bits per heavy atom. The Morgan fingerprint density at radius 3 is 3.12 bits per heavy atom. The summed E-state index contributed by atoms with van der Waals surface area (Å²) in [7, 11) is 0. The highest BCUT2D eigenvalue weighted by Gasteiger charge is 2.26. The van der Waals surface area contributed by atoms with Crippen molar-refractivity contribution in [2.24, 2.45) is 0 Å². The van der Waals surface area contributed by atoms with Gasteiger partial charge in [0.15, 0.2) is 0 Å². The normalized spacial score (nSPS) is 18.1. The molecule has 0 bridgehead atoms.